The van der Waals surface area contributed by atoms with Crippen molar-refractivity contribution in [2.24, 2.45) is 7.05 Å². The molecular formula is C21H22FN3O2. The fraction of sp³-hybridized carbons (Fsp3) is 0.238. The molecule has 0 aliphatic rings. The Morgan fingerprint density at radius 1 is 1.30 bits per heavy atom. The van der Waals surface area contributed by atoms with Gasteiger partial charge in [-0.15, -0.1) is 0 Å². The number of aromatic nitrogens is 2. The maximum Gasteiger partial charge on any atom is 0.225 e. The van der Waals surface area contributed by atoms with Crippen molar-refractivity contribution >= 4 is 5.91 Å². The van der Waals surface area contributed by atoms with Crippen LogP contribution in [-0.2, 0) is 18.3 Å². The molecule has 6 heteroatoms. The van der Waals surface area contributed by atoms with E-state index < -0.39 is 6.04 Å². The number of nitrogens with one attached hydrogen (secondary N) is 1. The highest BCUT2D eigenvalue weighted by molar-refractivity contribution is 5.79. The van der Waals surface area contributed by atoms with Crippen molar-refractivity contribution in [3.8, 4) is 5.75 Å². The van der Waals surface area contributed by atoms with Gasteiger partial charge in [-0.05, 0) is 30.2 Å². The maximum absolute atomic E-state index is 14.4. The van der Waals surface area contributed by atoms with Gasteiger partial charge in [-0.1, -0.05) is 30.3 Å². The third kappa shape index (κ3) is 4.16. The number of carbonyl (C=O) groups is 1. The van der Waals surface area contributed by atoms with E-state index in [1.165, 1.54) is 6.07 Å². The monoisotopic (exact) mass is 367 g/mol. The number of rotatable bonds is 6. The molecule has 0 fully saturated rings. The Kier molecular flexibility index (Phi) is 5.54. The number of methoxy groups -OCH3 is 1. The fourth-order valence-electron chi connectivity index (χ4n) is 3.02. The van der Waals surface area contributed by atoms with Crippen LogP contribution in [0.15, 0.2) is 54.9 Å². The molecule has 0 saturated carbocycles. The second-order valence-corrected chi connectivity index (χ2v) is 6.40. The molecule has 1 amide bonds. The summed E-state index contributed by atoms with van der Waals surface area (Å²) in [5.41, 5.74) is 2.20. The Hall–Kier alpha value is -3.15. The van der Waals surface area contributed by atoms with Gasteiger partial charge in [0.05, 0.1) is 13.5 Å². The van der Waals surface area contributed by atoms with Crippen molar-refractivity contribution < 1.29 is 13.9 Å². The molecule has 0 aliphatic carbocycles. The van der Waals surface area contributed by atoms with Gasteiger partial charge in [0.25, 0.3) is 0 Å². The third-order valence-electron chi connectivity index (χ3n) is 4.48. The normalized spacial score (nSPS) is 11.9. The summed E-state index contributed by atoms with van der Waals surface area (Å²) < 4.78 is 21.5. The Morgan fingerprint density at radius 2 is 2.07 bits per heavy atom. The number of amides is 1. The van der Waals surface area contributed by atoms with Gasteiger partial charge in [-0.2, -0.15) is 0 Å². The number of ether oxygens (including phenoxy) is 1. The predicted octanol–water partition coefficient (Wildman–Crippen LogP) is 3.32. The van der Waals surface area contributed by atoms with Crippen LogP contribution in [0, 0.1) is 12.7 Å². The van der Waals surface area contributed by atoms with Gasteiger partial charge < -0.3 is 14.6 Å². The van der Waals surface area contributed by atoms with Crippen LogP contribution in [0.4, 0.5) is 4.39 Å². The highest BCUT2D eigenvalue weighted by Gasteiger charge is 2.23. The standard InChI is InChI=1S/C21H22FN3O2/c1-14-8-9-15(12-18(14)27-3)13-19(26)24-20(21-23-10-11-25(21)2)16-6-4-5-7-17(16)22/h4-12,20H,13H2,1-3H3,(H,24,26). The summed E-state index contributed by atoms with van der Waals surface area (Å²) >= 11 is 0. The molecule has 1 aromatic heterocycles. The third-order valence-corrected chi connectivity index (χ3v) is 4.48. The molecule has 1 N–H and O–H groups in total. The Bertz CT molecular complexity index is 952. The van der Waals surface area contributed by atoms with Crippen LogP contribution in [0.2, 0.25) is 0 Å². The molecule has 0 aliphatic heterocycles. The van der Waals surface area contributed by atoms with Crippen LogP contribution in [0.3, 0.4) is 0 Å². The summed E-state index contributed by atoms with van der Waals surface area (Å²) in [5, 5.41) is 2.91. The quantitative estimate of drug-likeness (QED) is 0.727. The zero-order valence-corrected chi connectivity index (χ0v) is 15.6. The van der Waals surface area contributed by atoms with Gasteiger partial charge in [0.1, 0.15) is 23.4 Å². The molecule has 3 rings (SSSR count). The molecular weight excluding hydrogens is 345 g/mol. The van der Waals surface area contributed by atoms with E-state index >= 15 is 0 Å². The summed E-state index contributed by atoms with van der Waals surface area (Å²) in [5.74, 6) is 0.685. The van der Waals surface area contributed by atoms with Crippen molar-refractivity contribution in [1.29, 1.82) is 0 Å². The molecule has 3 aromatic rings. The largest absolute Gasteiger partial charge is 0.496 e. The van der Waals surface area contributed by atoms with E-state index in [2.05, 4.69) is 10.3 Å². The smallest absolute Gasteiger partial charge is 0.225 e. The van der Waals surface area contributed by atoms with Gasteiger partial charge in [0.15, 0.2) is 0 Å². The molecule has 0 spiro atoms. The average molecular weight is 367 g/mol. The van der Waals surface area contributed by atoms with Gasteiger partial charge in [-0.3, -0.25) is 4.79 Å². The summed E-state index contributed by atoms with van der Waals surface area (Å²) in [7, 11) is 3.41. The minimum Gasteiger partial charge on any atom is -0.496 e. The molecule has 0 bridgehead atoms. The lowest BCUT2D eigenvalue weighted by molar-refractivity contribution is -0.121. The first-order valence-corrected chi connectivity index (χ1v) is 8.64. The van der Waals surface area contributed by atoms with Gasteiger partial charge in [-0.25, -0.2) is 9.37 Å². The zero-order chi connectivity index (χ0) is 19.4. The van der Waals surface area contributed by atoms with E-state index in [0.29, 0.717) is 11.4 Å². The van der Waals surface area contributed by atoms with E-state index in [-0.39, 0.29) is 18.1 Å². The number of benzene rings is 2. The maximum atomic E-state index is 14.4. The molecule has 1 atom stereocenters. The molecule has 140 valence electrons. The van der Waals surface area contributed by atoms with E-state index in [1.54, 1.807) is 42.3 Å². The molecule has 5 nitrogen and oxygen atoms in total. The number of carbonyl (C=O) groups excluding carboxylic acids is 1. The van der Waals surface area contributed by atoms with E-state index in [4.69, 9.17) is 4.74 Å². The van der Waals surface area contributed by atoms with Gasteiger partial charge >= 0.3 is 0 Å². The molecule has 27 heavy (non-hydrogen) atoms. The fourth-order valence-corrected chi connectivity index (χ4v) is 3.02. The number of hydrogen-bond acceptors (Lipinski definition) is 3. The van der Waals surface area contributed by atoms with Crippen molar-refractivity contribution in [3.63, 3.8) is 0 Å². The van der Waals surface area contributed by atoms with E-state index in [9.17, 15) is 9.18 Å². The van der Waals surface area contributed by atoms with Crippen LogP contribution in [0.25, 0.3) is 0 Å². The summed E-state index contributed by atoms with van der Waals surface area (Å²) in [6.07, 6.45) is 3.55. The van der Waals surface area contributed by atoms with Crippen LogP contribution in [0.1, 0.15) is 28.6 Å². The molecule has 2 aromatic carbocycles. The van der Waals surface area contributed by atoms with Crippen molar-refractivity contribution in [2.75, 3.05) is 7.11 Å². The van der Waals surface area contributed by atoms with Crippen molar-refractivity contribution in [1.82, 2.24) is 14.9 Å². The molecule has 0 saturated heterocycles. The molecule has 1 unspecified atom stereocenters. The predicted molar refractivity (Wildman–Crippen MR) is 101 cm³/mol. The number of halogens is 1. The first-order chi connectivity index (χ1) is 13.0. The number of hydrogen-bond donors (Lipinski definition) is 1. The van der Waals surface area contributed by atoms with Crippen LogP contribution in [-0.4, -0.2) is 22.6 Å². The SMILES string of the molecule is COc1cc(CC(=O)NC(c2ccccc2F)c2nccn2C)ccc1C. The second kappa shape index (κ2) is 8.03. The summed E-state index contributed by atoms with van der Waals surface area (Å²) in [6, 6.07) is 11.4. The molecule has 1 heterocycles. The summed E-state index contributed by atoms with van der Waals surface area (Å²) in [6.45, 7) is 1.94. The summed E-state index contributed by atoms with van der Waals surface area (Å²) in [4.78, 5) is 17.0. The highest BCUT2D eigenvalue weighted by Crippen LogP contribution is 2.24. The Balaban J connectivity index is 1.85. The zero-order valence-electron chi connectivity index (χ0n) is 15.6. The topological polar surface area (TPSA) is 56.1 Å². The van der Waals surface area contributed by atoms with Gasteiger partial charge in [0.2, 0.25) is 5.91 Å². The van der Waals surface area contributed by atoms with Crippen LogP contribution in [0.5, 0.6) is 5.75 Å². The number of aryl methyl sites for hydroxylation is 2. The first-order valence-electron chi connectivity index (χ1n) is 8.64. The van der Waals surface area contributed by atoms with Gasteiger partial charge in [0, 0.05) is 25.0 Å². The van der Waals surface area contributed by atoms with E-state index in [0.717, 1.165) is 16.9 Å². The van der Waals surface area contributed by atoms with Crippen molar-refractivity contribution in [2.45, 2.75) is 19.4 Å². The lowest BCUT2D eigenvalue weighted by Gasteiger charge is -2.20. The Labute approximate surface area is 157 Å². The minimum atomic E-state index is -0.675. The average Bonchev–Trinajstić information content (AvgIpc) is 3.08. The highest BCUT2D eigenvalue weighted by atomic mass is 19.1. The Morgan fingerprint density at radius 3 is 2.74 bits per heavy atom. The van der Waals surface area contributed by atoms with Crippen LogP contribution >= 0.6 is 0 Å². The van der Waals surface area contributed by atoms with E-state index in [1.807, 2.05) is 32.2 Å². The lowest BCUT2D eigenvalue weighted by atomic mass is 10.0. The number of imidazole rings is 1. The minimum absolute atomic E-state index is 0.159. The van der Waals surface area contributed by atoms with Crippen molar-refractivity contribution in [3.05, 3.63) is 83.2 Å². The lowest BCUT2D eigenvalue weighted by Crippen LogP contribution is -2.32. The van der Waals surface area contributed by atoms with Crippen LogP contribution < -0.4 is 10.1 Å². The molecule has 0 radical (unpaired) electrons. The first kappa shape index (κ1) is 18.6. The number of nitrogens with zero attached hydrogens (tertiary/aromatic N) is 2. The second-order valence-electron chi connectivity index (χ2n) is 6.40.